The smallest absolute Gasteiger partial charge is 0.419 e. The van der Waals surface area contributed by atoms with Crippen LogP contribution in [0, 0.1) is 0 Å². The second-order valence-electron chi connectivity index (χ2n) is 16.3. The van der Waals surface area contributed by atoms with Crippen LogP contribution in [0.15, 0.2) is 0 Å². The molecular weight excluding hydrogens is 1550 g/mol. The van der Waals surface area contributed by atoms with E-state index in [0.29, 0.717) is 0 Å². The van der Waals surface area contributed by atoms with Crippen LogP contribution in [0.3, 0.4) is 0 Å². The van der Waals surface area contributed by atoms with Gasteiger partial charge >= 0.3 is 179 Å². The number of hydrogen-bond donors (Lipinski definition) is 0. The van der Waals surface area contributed by atoms with E-state index in [2.05, 4.69) is 0 Å². The van der Waals surface area contributed by atoms with Crippen molar-refractivity contribution in [1.29, 1.82) is 0 Å². The minimum absolute atomic E-state index is 0.0716. The summed E-state index contributed by atoms with van der Waals surface area (Å²) in [7, 11) is -45.7. The molecule has 0 saturated heterocycles. The van der Waals surface area contributed by atoms with Crippen molar-refractivity contribution in [2.24, 2.45) is 0 Å². The fraction of sp³-hybridized carbons (Fsp3) is 1.00. The molecule has 0 aliphatic rings. The van der Waals surface area contributed by atoms with Gasteiger partial charge in [-0.1, -0.05) is 0 Å². The Balaban J connectivity index is 12.7. The maximum Gasteiger partial charge on any atom is 0.460 e. The van der Waals surface area contributed by atoms with E-state index in [1.54, 1.807) is 0 Å². The van der Waals surface area contributed by atoms with Gasteiger partial charge in [0.15, 0.2) is 0 Å². The molecule has 0 N–H and O–H groups in total. The lowest BCUT2D eigenvalue weighted by atomic mass is 10.1. The lowest BCUT2D eigenvalue weighted by Gasteiger charge is -2.55. The molecule has 2 nitrogen and oxygen atoms in total. The third kappa shape index (κ3) is 10.4. The molecule has 0 unspecified atom stereocenters. The van der Waals surface area contributed by atoms with Crippen LogP contribution in [0.1, 0.15) is 0 Å². The monoisotopic (exact) mass is 1550 g/mol. The summed E-state index contributed by atoms with van der Waals surface area (Å²) in [5.41, 5.74) is -87.1. The summed E-state index contributed by atoms with van der Waals surface area (Å²) in [6.07, 6.45) is -70.7. The van der Waals surface area contributed by atoms with Crippen molar-refractivity contribution in [1.82, 2.24) is 0 Å². The van der Waals surface area contributed by atoms with Gasteiger partial charge in [0.1, 0.15) is 0 Å². The van der Waals surface area contributed by atoms with Crippen LogP contribution in [0.4, 0.5) is 259 Å². The SMILES string of the molecule is FC(F)(F)C(F)(F)[Si](O[Si](C(F)(F)C(F)(F)C(F)(F)C(F)(F)F)(C(F)(F)C(F)(F)C(F)(F)C(F)(F)F)C(F)(F)C(F)(F)C(F)(F)C(F)(F)F)O[Si](C(F)(F)C(F)(F)C(F)(F)C(F)(F)F)(C(F)(F)C(F)(F)C(F)(F)C(F)(F)F)C(F)(F)C(F)(F)C(F)(F)C(F)(F)F. The summed E-state index contributed by atoms with van der Waals surface area (Å²) < 4.78 is 853. The minimum Gasteiger partial charge on any atom is -0.419 e. The molecule has 0 fully saturated rings. The van der Waals surface area contributed by atoms with E-state index in [0.717, 1.165) is 0 Å². The Kier molecular flexibility index (Phi) is 20.4. The quantitative estimate of drug-likeness (QED) is 0.0750. The predicted octanol–water partition coefficient (Wildman–Crippen LogP) is 18.2. The molecule has 1 radical (unpaired) electrons. The molecule has 0 aromatic rings. The fourth-order valence-corrected chi connectivity index (χ4v) is 18.7. The number of rotatable bonds is 23. The average Bonchev–Trinajstić information content (AvgIpc) is 3.24. The first kappa shape index (κ1) is 86.4. The summed E-state index contributed by atoms with van der Waals surface area (Å²) in [6.45, 7) is 0. The zero-order valence-corrected chi connectivity index (χ0v) is 40.6. The second kappa shape index (κ2) is 21.2. The Labute approximate surface area is 447 Å². The standard InChI is InChI=1S/C26F59O2Si3/c27-1(28,13(51,52)53)7(39,40)21(74,75)89(22(76,77)8(41,42)2(29,30)14(54,55)56,23(78,79)9(43,44)3(31,32)15(57,58)59)86-88(20(72,73)19(69,70)71)87-90(24(80,81)10(45,46)4(33,34)16(60,61)62,25(82,83)11(47,48)5(35,36)17(63,64)65)26(84,85)12(49,50)6(37,38)18(66,67)68. The Hall–Kier alpha value is -3.56. The van der Waals surface area contributed by atoms with Crippen molar-refractivity contribution in [3.63, 3.8) is 0 Å². The highest BCUT2D eigenvalue weighted by Gasteiger charge is 3.10. The van der Waals surface area contributed by atoms with Crippen LogP contribution in [0.5, 0.6) is 0 Å². The lowest BCUT2D eigenvalue weighted by molar-refractivity contribution is -0.410. The second-order valence-corrected chi connectivity index (χ2v) is 25.6. The highest BCUT2D eigenvalue weighted by atomic mass is 28.4. The van der Waals surface area contributed by atoms with Crippen LogP contribution in [-0.4, -0.2) is 179 Å². The van der Waals surface area contributed by atoms with Gasteiger partial charge < -0.3 is 8.23 Å². The zero-order valence-electron chi connectivity index (χ0n) is 37.6. The van der Waals surface area contributed by atoms with E-state index >= 15 is 114 Å². The molecule has 90 heavy (non-hydrogen) atoms. The first-order valence-corrected chi connectivity index (χ1v) is 23.6. The van der Waals surface area contributed by atoms with E-state index in [-0.39, 0.29) is 8.23 Å². The molecule has 0 aliphatic heterocycles. The molecule has 64 heteroatoms. The normalized spacial score (nSPS) is 17.5. The van der Waals surface area contributed by atoms with E-state index in [9.17, 15) is 145 Å². The average molecular weight is 1550 g/mol. The number of halogens is 59. The molecule has 0 spiro atoms. The number of hydrogen-bond acceptors (Lipinski definition) is 2. The molecular formula is C26F59O2Si3. The molecule has 0 heterocycles. The molecule has 0 aromatic heterocycles. The van der Waals surface area contributed by atoms with Crippen molar-refractivity contribution in [3.8, 4) is 0 Å². The Bertz CT molecular complexity index is 2130. The van der Waals surface area contributed by atoms with Gasteiger partial charge in [0, 0.05) is 0 Å². The van der Waals surface area contributed by atoms with Crippen molar-refractivity contribution in [2.75, 3.05) is 0 Å². The van der Waals surface area contributed by atoms with Crippen LogP contribution in [-0.2, 0) is 8.23 Å². The molecule has 0 amide bonds. The largest absolute Gasteiger partial charge is 0.460 e. The van der Waals surface area contributed by atoms with Crippen molar-refractivity contribution < 1.29 is 267 Å². The van der Waals surface area contributed by atoms with Gasteiger partial charge in [-0.2, -0.15) is 206 Å². The number of alkyl halides is 59. The maximum atomic E-state index is 16.1. The molecule has 0 bridgehead atoms. The Morgan fingerprint density at radius 3 is 0.322 bits per heavy atom. The third-order valence-corrected chi connectivity index (χ3v) is 22.5. The van der Waals surface area contributed by atoms with Crippen LogP contribution >= 0.6 is 0 Å². The summed E-state index contributed by atoms with van der Waals surface area (Å²) in [5.74, 6) is -136. The van der Waals surface area contributed by atoms with Crippen LogP contribution in [0.2, 0.25) is 0 Å². The van der Waals surface area contributed by atoms with E-state index < -0.39 is 179 Å². The van der Waals surface area contributed by atoms with E-state index in [1.807, 2.05) is 0 Å². The van der Waals surface area contributed by atoms with Gasteiger partial charge in [0.25, 0.3) is 0 Å². The molecule has 0 aliphatic carbocycles. The first-order chi connectivity index (χ1) is 37.6. The third-order valence-electron chi connectivity index (χ3n) is 10.6. The summed E-state index contributed by atoms with van der Waals surface area (Å²) in [6, 6.07) is 0. The van der Waals surface area contributed by atoms with Crippen LogP contribution < -0.4 is 0 Å². The topological polar surface area (TPSA) is 18.5 Å². The van der Waals surface area contributed by atoms with Gasteiger partial charge in [0.2, 0.25) is 0 Å². The van der Waals surface area contributed by atoms with Crippen molar-refractivity contribution in [3.05, 3.63) is 0 Å². The van der Waals surface area contributed by atoms with Crippen molar-refractivity contribution in [2.45, 2.75) is 153 Å². The minimum atomic E-state index is -16.3. The van der Waals surface area contributed by atoms with Crippen molar-refractivity contribution >= 4 is 25.9 Å². The summed E-state index contributed by atoms with van der Waals surface area (Å²) in [5, 5.41) is 0. The van der Waals surface area contributed by atoms with Gasteiger partial charge in [-0.15, -0.1) is 0 Å². The van der Waals surface area contributed by atoms with Crippen LogP contribution in [0.25, 0.3) is 0 Å². The van der Waals surface area contributed by atoms with E-state index in [1.165, 1.54) is 0 Å². The summed E-state index contributed by atoms with van der Waals surface area (Å²) >= 11 is 0. The summed E-state index contributed by atoms with van der Waals surface area (Å²) in [4.78, 5) is 0. The molecule has 0 atom stereocenters. The zero-order chi connectivity index (χ0) is 75.0. The van der Waals surface area contributed by atoms with Gasteiger partial charge in [-0.25, -0.2) is 52.7 Å². The predicted molar refractivity (Wildman–Crippen MR) is 156 cm³/mol. The highest BCUT2D eigenvalue weighted by Crippen LogP contribution is 2.74. The Morgan fingerprint density at radius 1 is 0.144 bits per heavy atom. The molecule has 0 rings (SSSR count). The van der Waals surface area contributed by atoms with Gasteiger partial charge in [0.05, 0.1) is 0 Å². The molecule has 0 saturated carbocycles. The highest BCUT2D eigenvalue weighted by molar-refractivity contribution is 6.90. The Morgan fingerprint density at radius 2 is 0.244 bits per heavy atom. The first-order valence-electron chi connectivity index (χ1n) is 18.5. The van der Waals surface area contributed by atoms with Gasteiger partial charge in [-0.05, 0) is 0 Å². The maximum absolute atomic E-state index is 16.3. The fourth-order valence-electron chi connectivity index (χ4n) is 5.69. The van der Waals surface area contributed by atoms with Gasteiger partial charge in [-0.3, -0.25) is 0 Å². The van der Waals surface area contributed by atoms with E-state index in [4.69, 9.17) is 0 Å². The molecule has 541 valence electrons. The molecule has 0 aromatic carbocycles. The lowest BCUT2D eigenvalue weighted by Crippen LogP contribution is -2.94.